The van der Waals surface area contributed by atoms with Gasteiger partial charge in [-0.2, -0.15) is 0 Å². The van der Waals surface area contributed by atoms with Gasteiger partial charge in [0.05, 0.1) is 0 Å². The molecule has 0 N–H and O–H groups in total. The second-order valence-corrected chi connectivity index (χ2v) is 9.36. The van der Waals surface area contributed by atoms with E-state index in [9.17, 15) is 9.59 Å². The van der Waals surface area contributed by atoms with Gasteiger partial charge in [-0.05, 0) is 48.6 Å². The smallest absolute Gasteiger partial charge is 0.272 e. The van der Waals surface area contributed by atoms with Gasteiger partial charge in [0.15, 0.2) is 0 Å². The van der Waals surface area contributed by atoms with Crippen LogP contribution in [0.5, 0.6) is 0 Å². The lowest BCUT2D eigenvalue weighted by Crippen LogP contribution is -2.64. The molecule has 2 saturated heterocycles. The Morgan fingerprint density at radius 1 is 0.781 bits per heavy atom. The van der Waals surface area contributed by atoms with Crippen molar-refractivity contribution in [2.24, 2.45) is 0 Å². The van der Waals surface area contributed by atoms with Crippen molar-refractivity contribution in [1.82, 2.24) is 19.7 Å². The average Bonchev–Trinajstić information content (AvgIpc) is 2.84. The van der Waals surface area contributed by atoms with E-state index < -0.39 is 0 Å². The number of nitrogens with zero attached hydrogens (tertiary/aromatic N) is 4. The Morgan fingerprint density at radius 3 is 2.16 bits per heavy atom. The van der Waals surface area contributed by atoms with Gasteiger partial charge in [0.1, 0.15) is 5.69 Å². The number of amides is 2. The molecule has 3 aliphatic rings. The summed E-state index contributed by atoms with van der Waals surface area (Å²) in [6.07, 6.45) is 8.23. The second-order valence-electron chi connectivity index (χ2n) is 9.36. The summed E-state index contributed by atoms with van der Waals surface area (Å²) in [6, 6.07) is 14.2. The maximum absolute atomic E-state index is 12.9. The standard InChI is InChI=1S/C26H32N4O2/c31-25(22-11-9-21(10-12-22)20-6-2-1-3-7-20)30-18-23(19-30)28-14-16-29(17-15-28)26(32)24-8-4-5-13-27-24/h4-5,8-13,20,23H,1-3,6-7,14-19H2. The van der Waals surface area contributed by atoms with Crippen LogP contribution in [-0.4, -0.2) is 76.8 Å². The number of hydrogen-bond acceptors (Lipinski definition) is 4. The van der Waals surface area contributed by atoms with Crippen LogP contribution in [0.3, 0.4) is 0 Å². The molecular formula is C26H32N4O2. The molecule has 5 rings (SSSR count). The molecule has 1 aromatic heterocycles. The minimum absolute atomic E-state index is 0.00679. The van der Waals surface area contributed by atoms with Crippen molar-refractivity contribution in [3.8, 4) is 0 Å². The molecule has 3 fully saturated rings. The normalized spacial score (nSPS) is 20.8. The molecule has 6 heteroatoms. The summed E-state index contributed by atoms with van der Waals surface area (Å²) in [5, 5.41) is 0. The summed E-state index contributed by atoms with van der Waals surface area (Å²) in [5.74, 6) is 0.817. The highest BCUT2D eigenvalue weighted by atomic mass is 16.2. The monoisotopic (exact) mass is 432 g/mol. The predicted molar refractivity (Wildman–Crippen MR) is 124 cm³/mol. The highest BCUT2D eigenvalue weighted by Crippen LogP contribution is 2.32. The fourth-order valence-corrected chi connectivity index (χ4v) is 5.31. The lowest BCUT2D eigenvalue weighted by molar-refractivity contribution is 0.00842. The molecule has 32 heavy (non-hydrogen) atoms. The van der Waals surface area contributed by atoms with Gasteiger partial charge in [-0.1, -0.05) is 37.5 Å². The van der Waals surface area contributed by atoms with Gasteiger partial charge < -0.3 is 9.80 Å². The van der Waals surface area contributed by atoms with Gasteiger partial charge in [0, 0.05) is 57.1 Å². The third-order valence-corrected chi connectivity index (χ3v) is 7.39. The lowest BCUT2D eigenvalue weighted by Gasteiger charge is -2.48. The maximum Gasteiger partial charge on any atom is 0.272 e. The summed E-state index contributed by atoms with van der Waals surface area (Å²) in [6.45, 7) is 4.67. The number of pyridine rings is 1. The van der Waals surface area contributed by atoms with E-state index in [-0.39, 0.29) is 11.8 Å². The Balaban J connectivity index is 1.09. The molecule has 2 aliphatic heterocycles. The first-order valence-corrected chi connectivity index (χ1v) is 12.0. The molecule has 6 nitrogen and oxygen atoms in total. The third kappa shape index (κ3) is 4.42. The topological polar surface area (TPSA) is 56.8 Å². The highest BCUT2D eigenvalue weighted by molar-refractivity contribution is 5.95. The van der Waals surface area contributed by atoms with Crippen LogP contribution in [-0.2, 0) is 0 Å². The van der Waals surface area contributed by atoms with Crippen LogP contribution in [0.15, 0.2) is 48.7 Å². The molecule has 1 aliphatic carbocycles. The summed E-state index contributed by atoms with van der Waals surface area (Å²) in [7, 11) is 0. The Bertz CT molecular complexity index is 926. The van der Waals surface area contributed by atoms with E-state index in [0.717, 1.165) is 31.7 Å². The van der Waals surface area contributed by atoms with Gasteiger partial charge in [-0.15, -0.1) is 0 Å². The van der Waals surface area contributed by atoms with E-state index >= 15 is 0 Å². The van der Waals surface area contributed by atoms with Crippen molar-refractivity contribution < 1.29 is 9.59 Å². The summed E-state index contributed by atoms with van der Waals surface area (Å²) in [5.41, 5.74) is 2.70. The summed E-state index contributed by atoms with van der Waals surface area (Å²) in [4.78, 5) is 35.9. The highest BCUT2D eigenvalue weighted by Gasteiger charge is 2.37. The van der Waals surface area contributed by atoms with Crippen molar-refractivity contribution in [2.45, 2.75) is 44.1 Å². The number of likely N-dealkylation sites (tertiary alicyclic amines) is 1. The van der Waals surface area contributed by atoms with Crippen LogP contribution >= 0.6 is 0 Å². The van der Waals surface area contributed by atoms with Crippen molar-refractivity contribution in [2.75, 3.05) is 39.3 Å². The molecule has 0 spiro atoms. The Hall–Kier alpha value is -2.73. The second kappa shape index (κ2) is 9.41. The molecule has 168 valence electrons. The van der Waals surface area contributed by atoms with Crippen molar-refractivity contribution in [3.05, 3.63) is 65.5 Å². The first-order valence-electron chi connectivity index (χ1n) is 12.0. The molecule has 0 atom stereocenters. The third-order valence-electron chi connectivity index (χ3n) is 7.39. The zero-order valence-corrected chi connectivity index (χ0v) is 18.7. The number of carbonyl (C=O) groups excluding carboxylic acids is 2. The first-order chi connectivity index (χ1) is 15.7. The number of aromatic nitrogens is 1. The summed E-state index contributed by atoms with van der Waals surface area (Å²) < 4.78 is 0. The summed E-state index contributed by atoms with van der Waals surface area (Å²) >= 11 is 0. The molecule has 0 unspecified atom stereocenters. The molecule has 0 bridgehead atoms. The van der Waals surface area contributed by atoms with Gasteiger partial charge >= 0.3 is 0 Å². The minimum atomic E-state index is 0.00679. The van der Waals surface area contributed by atoms with Crippen LogP contribution in [0.4, 0.5) is 0 Å². The molecule has 2 aromatic rings. The molecule has 1 saturated carbocycles. The molecule has 0 radical (unpaired) electrons. The van der Waals surface area contributed by atoms with Gasteiger partial charge in [0.25, 0.3) is 11.8 Å². The van der Waals surface area contributed by atoms with Gasteiger partial charge in [-0.3, -0.25) is 19.5 Å². The zero-order chi connectivity index (χ0) is 21.9. The van der Waals surface area contributed by atoms with Crippen LogP contribution < -0.4 is 0 Å². The fraction of sp³-hybridized carbons (Fsp3) is 0.500. The maximum atomic E-state index is 12.9. The van der Waals surface area contributed by atoms with E-state index in [1.807, 2.05) is 34.1 Å². The largest absolute Gasteiger partial charge is 0.335 e. The molecular weight excluding hydrogens is 400 g/mol. The van der Waals surface area contributed by atoms with E-state index in [1.54, 1.807) is 12.3 Å². The number of benzene rings is 1. The van der Waals surface area contributed by atoms with Crippen molar-refractivity contribution in [3.63, 3.8) is 0 Å². The number of carbonyl (C=O) groups is 2. The quantitative estimate of drug-likeness (QED) is 0.743. The van der Waals surface area contributed by atoms with Gasteiger partial charge in [-0.25, -0.2) is 0 Å². The Morgan fingerprint density at radius 2 is 1.50 bits per heavy atom. The van der Waals surface area contributed by atoms with E-state index in [0.29, 0.717) is 30.7 Å². The van der Waals surface area contributed by atoms with Gasteiger partial charge in [0.2, 0.25) is 0 Å². The Kier molecular flexibility index (Phi) is 6.21. The minimum Gasteiger partial charge on any atom is -0.335 e. The number of rotatable bonds is 4. The zero-order valence-electron chi connectivity index (χ0n) is 18.7. The SMILES string of the molecule is O=C(c1ccc(C2CCCCC2)cc1)N1CC(N2CCN(C(=O)c3ccccn3)CC2)C1. The van der Waals surface area contributed by atoms with Crippen LogP contribution in [0, 0.1) is 0 Å². The van der Waals surface area contributed by atoms with E-state index in [1.165, 1.54) is 37.7 Å². The van der Waals surface area contributed by atoms with Crippen LogP contribution in [0.25, 0.3) is 0 Å². The number of piperazine rings is 1. The van der Waals surface area contributed by atoms with E-state index in [2.05, 4.69) is 22.0 Å². The lowest BCUT2D eigenvalue weighted by atomic mass is 9.84. The molecule has 1 aromatic carbocycles. The molecule has 2 amide bonds. The van der Waals surface area contributed by atoms with Crippen molar-refractivity contribution >= 4 is 11.8 Å². The fourth-order valence-electron chi connectivity index (χ4n) is 5.31. The molecule has 3 heterocycles. The van der Waals surface area contributed by atoms with Crippen LogP contribution in [0.1, 0.15) is 64.4 Å². The average molecular weight is 433 g/mol. The van der Waals surface area contributed by atoms with E-state index in [4.69, 9.17) is 0 Å². The van der Waals surface area contributed by atoms with Crippen molar-refractivity contribution in [1.29, 1.82) is 0 Å². The number of hydrogen-bond donors (Lipinski definition) is 0. The van der Waals surface area contributed by atoms with Crippen LogP contribution in [0.2, 0.25) is 0 Å². The first kappa shape index (κ1) is 21.1. The Labute approximate surface area is 190 Å². The predicted octanol–water partition coefficient (Wildman–Crippen LogP) is 3.41.